The predicted molar refractivity (Wildman–Crippen MR) is 400 cm³/mol. The minimum atomic E-state index is -1.73. The monoisotopic (exact) mass is 1460 g/mol. The number of Topliss-reactive ketones (excluding diaryl/α,β-unsaturated/α-hetero) is 1. The summed E-state index contributed by atoms with van der Waals surface area (Å²) < 4.78 is 6.28. The Morgan fingerprint density at radius 3 is 1.52 bits per heavy atom. The van der Waals surface area contributed by atoms with Crippen LogP contribution in [0.2, 0.25) is 0 Å². The van der Waals surface area contributed by atoms with Crippen molar-refractivity contribution in [2.75, 3.05) is 68.5 Å². The van der Waals surface area contributed by atoms with Crippen LogP contribution in [0, 0.1) is 29.6 Å². The number of ketones is 1. The zero-order valence-corrected chi connectivity index (χ0v) is 65.3. The molecule has 0 saturated carbocycles. The molecule has 3 fully saturated rings. The number of amides is 11. The van der Waals surface area contributed by atoms with Crippen LogP contribution in [0.3, 0.4) is 0 Å². The number of carbonyl (C=O) groups excluding carboxylic acids is 12. The van der Waals surface area contributed by atoms with Gasteiger partial charge in [0.2, 0.25) is 65.0 Å². The molecule has 0 spiro atoms. The van der Waals surface area contributed by atoms with Crippen molar-refractivity contribution < 1.29 is 67.4 Å². The molecular weight excluding hydrogens is 1340 g/mol. The molecule has 3 aromatic carbocycles. The van der Waals surface area contributed by atoms with Gasteiger partial charge < -0.3 is 65.0 Å². The molecule has 4 N–H and O–H groups in total. The Morgan fingerprint density at radius 2 is 1.01 bits per heavy atom. The Hall–Kier alpha value is -8.58. The Labute approximate surface area is 622 Å². The van der Waals surface area contributed by atoms with Gasteiger partial charge in [0.1, 0.15) is 60.4 Å². The second kappa shape index (κ2) is 38.6. The van der Waals surface area contributed by atoms with Gasteiger partial charge in [0.15, 0.2) is 5.78 Å². The predicted octanol–water partition coefficient (Wildman–Crippen LogP) is 5.32. The Balaban J connectivity index is 1.52. The van der Waals surface area contributed by atoms with Crippen molar-refractivity contribution in [2.45, 2.75) is 226 Å². The van der Waals surface area contributed by atoms with Gasteiger partial charge in [-0.25, -0.2) is 0 Å². The quantitative estimate of drug-likeness (QED) is 0.150. The number of aliphatic hydroxyl groups excluding tert-OH is 1. The lowest BCUT2D eigenvalue weighted by molar-refractivity contribution is -0.155. The Bertz CT molecular complexity index is 3470. The number of piperidine rings is 1. The fraction of sp³-hybridized carbons (Fsp3) is 0.625. The minimum absolute atomic E-state index is 0.0108. The molecule has 578 valence electrons. The first-order valence-corrected chi connectivity index (χ1v) is 37.4. The van der Waals surface area contributed by atoms with Crippen LogP contribution < -0.4 is 16.0 Å². The van der Waals surface area contributed by atoms with Crippen molar-refractivity contribution in [1.29, 1.82) is 0 Å². The van der Waals surface area contributed by atoms with Crippen molar-refractivity contribution in [1.82, 2.24) is 55.1 Å². The summed E-state index contributed by atoms with van der Waals surface area (Å²) in [6, 6.07) is 13.2. The van der Waals surface area contributed by atoms with E-state index in [-0.39, 0.29) is 63.5 Å². The zero-order chi connectivity index (χ0) is 78.1. The maximum atomic E-state index is 15.7. The van der Waals surface area contributed by atoms with Crippen molar-refractivity contribution in [3.63, 3.8) is 0 Å². The summed E-state index contributed by atoms with van der Waals surface area (Å²) >= 11 is 0. The first-order chi connectivity index (χ1) is 49.4. The maximum absolute atomic E-state index is 15.7. The fourth-order valence-electron chi connectivity index (χ4n) is 14.4. The molecule has 3 heterocycles. The van der Waals surface area contributed by atoms with Gasteiger partial charge in [-0.1, -0.05) is 139 Å². The van der Waals surface area contributed by atoms with Crippen LogP contribution in [0.15, 0.2) is 91.0 Å². The van der Waals surface area contributed by atoms with Crippen LogP contribution in [0.25, 0.3) is 0 Å². The third-order valence-electron chi connectivity index (χ3n) is 20.9. The van der Waals surface area contributed by atoms with Gasteiger partial charge in [0.05, 0.1) is 30.7 Å². The SMILES string of the molecule is CC(C)C[C@@H]1NC(=O)[C@H](Cc2ccccc2)C(C)C(=O)[C@H](COC(C)(C)C)NC(=O)[C@H](Cc2ccccc2)N(C)C(=O)[C@H](C)N(C)C(=O)[C@H](CC(C)C)N(C)C(=O)[C@H]2CCCN2C(=O)C[C@@H](C(=O)N2CCCCC2)N(C)C(=O)[C@H](Cc2ccccc2)N(C)C(=O)[C@H]([C@@H](C)O)NC(=O)[C@H](C(C)C)N(C)C1=O. The molecule has 13 atom stereocenters. The zero-order valence-electron chi connectivity index (χ0n) is 65.3. The van der Waals surface area contributed by atoms with E-state index in [4.69, 9.17) is 4.74 Å². The lowest BCUT2D eigenvalue weighted by Crippen LogP contribution is -2.63. The maximum Gasteiger partial charge on any atom is 0.248 e. The minimum Gasteiger partial charge on any atom is -0.391 e. The molecule has 25 heteroatoms. The second-order valence-electron chi connectivity index (χ2n) is 31.4. The van der Waals surface area contributed by atoms with Crippen LogP contribution in [0.5, 0.6) is 0 Å². The van der Waals surface area contributed by atoms with Gasteiger partial charge in [-0.3, -0.25) is 57.5 Å². The largest absolute Gasteiger partial charge is 0.391 e. The van der Waals surface area contributed by atoms with Crippen LogP contribution >= 0.6 is 0 Å². The normalized spacial score (nSPS) is 26.5. The molecule has 25 nitrogen and oxygen atoms in total. The second-order valence-corrected chi connectivity index (χ2v) is 31.4. The molecule has 105 heavy (non-hydrogen) atoms. The van der Waals surface area contributed by atoms with Gasteiger partial charge >= 0.3 is 0 Å². The number of aliphatic hydroxyl groups is 1. The standard InChI is InChI=1S/C80H119N11O14/c1-49(2)42-59-74(99)89(18)68(51(5)6)72(97)83-67(54(9)92)79(104)88(17)64(46-57-36-27-21-28-37-57)77(102)87(16)65(78(103)90-39-29-22-30-40-90)47-66(93)91-41-31-38-61(91)75(100)86(15)63(43-50(3)4)76(101)84(13)53(8)73(98)85(14)62(45-56-34-25-20-26-35-56)71(96)82-60(48-105-80(10,11)12)69(94)52(7)58(70(95)81-59)44-55-32-23-19-24-33-55/h19-21,23-28,32-37,49-54,58-65,67-68,92H,22,29-31,38-48H2,1-18H3,(H,81,95)(H,82,96)(H,83,97)/t52?,53-,54+,58+,59-,60-,61+,62-,63-,64-,65-,67-,68-/m0/s1. The van der Waals surface area contributed by atoms with E-state index in [1.54, 1.807) is 137 Å². The number of likely N-dealkylation sites (tertiary alicyclic amines) is 1. The number of ether oxygens (including phenoxy) is 1. The number of nitrogens with zero attached hydrogens (tertiary/aromatic N) is 8. The summed E-state index contributed by atoms with van der Waals surface area (Å²) in [5.41, 5.74) is 1.08. The summed E-state index contributed by atoms with van der Waals surface area (Å²) in [4.78, 5) is 194. The molecule has 0 aliphatic carbocycles. The number of carbonyl (C=O) groups is 12. The number of fused-ring (bicyclic) bond motifs is 1. The summed E-state index contributed by atoms with van der Waals surface area (Å²) in [7, 11) is 8.50. The van der Waals surface area contributed by atoms with Crippen LogP contribution in [-0.4, -0.2) is 256 Å². The van der Waals surface area contributed by atoms with Crippen LogP contribution in [0.1, 0.15) is 151 Å². The van der Waals surface area contributed by atoms with Gasteiger partial charge in [-0.05, 0) is 120 Å². The Morgan fingerprint density at radius 1 is 0.514 bits per heavy atom. The third-order valence-corrected chi connectivity index (χ3v) is 20.9. The molecule has 3 saturated heterocycles. The van der Waals surface area contributed by atoms with Gasteiger partial charge in [0, 0.05) is 80.7 Å². The van der Waals surface area contributed by atoms with Crippen molar-refractivity contribution in [2.24, 2.45) is 29.6 Å². The third kappa shape index (κ3) is 22.7. The Kier molecular flexibility index (Phi) is 31.4. The topological polar surface area (TPSA) is 296 Å². The average Bonchev–Trinajstić information content (AvgIpc) is 1.80. The van der Waals surface area contributed by atoms with E-state index < -0.39 is 167 Å². The van der Waals surface area contributed by atoms with Crippen molar-refractivity contribution >= 4 is 70.8 Å². The molecule has 3 aliphatic heterocycles. The first-order valence-electron chi connectivity index (χ1n) is 37.4. The lowest BCUT2D eigenvalue weighted by atomic mass is 9.82. The van der Waals surface area contributed by atoms with E-state index in [1.807, 2.05) is 27.7 Å². The fourth-order valence-corrected chi connectivity index (χ4v) is 14.4. The number of hydrogen-bond acceptors (Lipinski definition) is 14. The van der Waals surface area contributed by atoms with Gasteiger partial charge in [0.25, 0.3) is 0 Å². The van der Waals surface area contributed by atoms with Gasteiger partial charge in [-0.2, -0.15) is 0 Å². The molecule has 3 aliphatic rings. The van der Waals surface area contributed by atoms with Crippen LogP contribution in [0.4, 0.5) is 0 Å². The molecule has 1 unspecified atom stereocenters. The van der Waals surface area contributed by atoms with E-state index in [0.29, 0.717) is 49.0 Å². The van der Waals surface area contributed by atoms with Gasteiger partial charge in [-0.15, -0.1) is 0 Å². The highest BCUT2D eigenvalue weighted by Crippen LogP contribution is 2.29. The highest BCUT2D eigenvalue weighted by Gasteiger charge is 2.47. The summed E-state index contributed by atoms with van der Waals surface area (Å²) in [6.07, 6.45) is 0.621. The number of rotatable bonds is 15. The molecule has 0 bridgehead atoms. The molecule has 6 rings (SSSR count). The van der Waals surface area contributed by atoms with E-state index in [9.17, 15) is 5.11 Å². The smallest absolute Gasteiger partial charge is 0.248 e. The first kappa shape index (κ1) is 85.3. The summed E-state index contributed by atoms with van der Waals surface area (Å²) in [5.74, 6) is -11.7. The van der Waals surface area contributed by atoms with E-state index in [2.05, 4.69) is 16.0 Å². The van der Waals surface area contributed by atoms with E-state index >= 15 is 57.5 Å². The molecule has 0 aromatic heterocycles. The highest BCUT2D eigenvalue weighted by atomic mass is 16.5. The molecular formula is C80H119N11O14. The van der Waals surface area contributed by atoms with Crippen molar-refractivity contribution in [3.05, 3.63) is 108 Å². The summed E-state index contributed by atoms with van der Waals surface area (Å²) in [5, 5.41) is 20.2. The molecule has 11 amide bonds. The number of nitrogens with one attached hydrogen (secondary N) is 3. The van der Waals surface area contributed by atoms with E-state index in [0.717, 1.165) is 11.3 Å². The molecule has 0 radical (unpaired) electrons. The highest BCUT2D eigenvalue weighted by molar-refractivity contribution is 6.01. The van der Waals surface area contributed by atoms with Crippen LogP contribution in [-0.2, 0) is 81.5 Å². The number of benzene rings is 3. The summed E-state index contributed by atoms with van der Waals surface area (Å²) in [6.45, 7) is 21.0. The van der Waals surface area contributed by atoms with E-state index in [1.165, 1.54) is 85.5 Å². The lowest BCUT2D eigenvalue weighted by Gasteiger charge is -2.39. The molecule has 3 aromatic rings. The number of likely N-dealkylation sites (N-methyl/N-ethyl adjacent to an activating group) is 6. The average molecular weight is 1460 g/mol. The van der Waals surface area contributed by atoms with Crippen molar-refractivity contribution in [3.8, 4) is 0 Å². The number of hydrogen-bond donors (Lipinski definition) is 4.